The maximum atomic E-state index is 5.95. The molecular weight excluding hydrogens is 460 g/mol. The van der Waals surface area contributed by atoms with Gasteiger partial charge in [0.25, 0.3) is 0 Å². The van der Waals surface area contributed by atoms with Gasteiger partial charge in [-0.05, 0) is 111 Å². The number of nitrogens with one attached hydrogen (secondary N) is 1. The molecule has 5 heteroatoms. The number of anilines is 1. The lowest BCUT2D eigenvalue weighted by molar-refractivity contribution is 0.565. The minimum atomic E-state index is -0.0586. The van der Waals surface area contributed by atoms with Gasteiger partial charge in [0.05, 0.1) is 17.8 Å². The van der Waals surface area contributed by atoms with Crippen LogP contribution in [0.15, 0.2) is 72.9 Å². The number of thiocarbonyl (C=S) groups is 1. The molecule has 1 fully saturated rings. The lowest BCUT2D eigenvalue weighted by Crippen LogP contribution is -2.29. The van der Waals surface area contributed by atoms with Gasteiger partial charge in [-0.25, -0.2) is 0 Å². The highest BCUT2D eigenvalue weighted by molar-refractivity contribution is 7.80. The number of pyridine rings is 1. The summed E-state index contributed by atoms with van der Waals surface area (Å²) in [5, 5.41) is 4.33. The highest BCUT2D eigenvalue weighted by Crippen LogP contribution is 2.44. The second-order valence-corrected chi connectivity index (χ2v) is 10.6. The molecule has 0 amide bonds. The van der Waals surface area contributed by atoms with Crippen molar-refractivity contribution < 1.29 is 0 Å². The number of nitrogens with zero attached hydrogens (tertiary/aromatic N) is 3. The van der Waals surface area contributed by atoms with Gasteiger partial charge in [0.1, 0.15) is 0 Å². The van der Waals surface area contributed by atoms with Crippen LogP contribution in [0.3, 0.4) is 0 Å². The topological polar surface area (TPSA) is 33.1 Å². The van der Waals surface area contributed by atoms with E-state index in [1.807, 2.05) is 18.3 Å². The van der Waals surface area contributed by atoms with Crippen LogP contribution in [0.5, 0.6) is 0 Å². The maximum absolute atomic E-state index is 5.95. The van der Waals surface area contributed by atoms with Crippen molar-refractivity contribution in [2.45, 2.75) is 59.5 Å². The molecule has 1 saturated heterocycles. The highest BCUT2D eigenvalue weighted by atomic mass is 32.1. The monoisotopic (exact) mass is 494 g/mol. The van der Waals surface area contributed by atoms with E-state index >= 15 is 0 Å². The zero-order valence-electron chi connectivity index (χ0n) is 21.9. The van der Waals surface area contributed by atoms with Gasteiger partial charge in [-0.3, -0.25) is 4.98 Å². The lowest BCUT2D eigenvalue weighted by Gasteiger charge is -2.28. The third kappa shape index (κ3) is 4.33. The van der Waals surface area contributed by atoms with Gasteiger partial charge in [-0.2, -0.15) is 0 Å². The summed E-state index contributed by atoms with van der Waals surface area (Å²) in [6, 6.07) is 23.9. The number of rotatable bonds is 5. The third-order valence-electron chi connectivity index (χ3n) is 7.19. The maximum Gasteiger partial charge on any atom is 0.174 e. The van der Waals surface area contributed by atoms with E-state index in [2.05, 4.69) is 111 Å². The highest BCUT2D eigenvalue weighted by Gasteiger charge is 2.42. The summed E-state index contributed by atoms with van der Waals surface area (Å²) in [4.78, 5) is 6.99. The third-order valence-corrected chi connectivity index (χ3v) is 7.50. The van der Waals surface area contributed by atoms with Crippen molar-refractivity contribution in [2.24, 2.45) is 0 Å². The molecule has 0 aliphatic carbocycles. The van der Waals surface area contributed by atoms with Gasteiger partial charge >= 0.3 is 0 Å². The van der Waals surface area contributed by atoms with Crippen LogP contribution >= 0.6 is 12.2 Å². The molecule has 1 aliphatic rings. The molecule has 0 saturated carbocycles. The van der Waals surface area contributed by atoms with E-state index in [0.717, 1.165) is 16.5 Å². The SMILES string of the molecule is Cc1cc(C)cc(-n2c(C)cc([C@@H]3[C@H](c4ccccn4)NC(=S)N3c3ccc(C(C)C)cc3)c2C)c1. The average molecular weight is 495 g/mol. The zero-order chi connectivity index (χ0) is 25.6. The summed E-state index contributed by atoms with van der Waals surface area (Å²) in [6.45, 7) is 13.2. The van der Waals surface area contributed by atoms with E-state index in [1.165, 1.54) is 39.3 Å². The van der Waals surface area contributed by atoms with Gasteiger partial charge in [0.2, 0.25) is 0 Å². The van der Waals surface area contributed by atoms with E-state index in [0.29, 0.717) is 5.92 Å². The standard InChI is InChI=1S/C31H34N4S/c1-19(2)24-10-12-25(13-11-24)35-30(29(33-31(35)36)28-9-7-8-14-32-28)27-18-22(5)34(23(27)6)26-16-20(3)15-21(4)17-26/h7-19,29-30H,1-6H3,(H,33,36)/t29-,30+/m0/s1. The van der Waals surface area contributed by atoms with E-state index in [4.69, 9.17) is 17.2 Å². The van der Waals surface area contributed by atoms with Crippen LogP contribution in [-0.4, -0.2) is 14.7 Å². The smallest absolute Gasteiger partial charge is 0.174 e. The van der Waals surface area contributed by atoms with Crippen LogP contribution in [0, 0.1) is 27.7 Å². The fraction of sp³-hybridized carbons (Fsp3) is 0.290. The van der Waals surface area contributed by atoms with Crippen molar-refractivity contribution in [2.75, 3.05) is 4.90 Å². The van der Waals surface area contributed by atoms with Crippen LogP contribution in [0.4, 0.5) is 5.69 Å². The fourth-order valence-corrected chi connectivity index (χ4v) is 5.88. The van der Waals surface area contributed by atoms with Gasteiger partial charge in [-0.15, -0.1) is 0 Å². The predicted molar refractivity (Wildman–Crippen MR) is 153 cm³/mol. The van der Waals surface area contributed by atoms with Crippen molar-refractivity contribution in [3.63, 3.8) is 0 Å². The Morgan fingerprint density at radius 2 is 1.56 bits per heavy atom. The first-order chi connectivity index (χ1) is 17.2. The van der Waals surface area contributed by atoms with Crippen LogP contribution < -0.4 is 10.2 Å². The number of hydrogen-bond donors (Lipinski definition) is 1. The first-order valence-electron chi connectivity index (χ1n) is 12.6. The molecule has 1 N–H and O–H groups in total. The number of aryl methyl sites for hydroxylation is 3. The first kappa shape index (κ1) is 24.3. The van der Waals surface area contributed by atoms with Gasteiger partial charge in [0, 0.05) is 29.0 Å². The molecule has 0 bridgehead atoms. The molecule has 36 heavy (non-hydrogen) atoms. The summed E-state index contributed by atoms with van der Waals surface area (Å²) in [6.07, 6.45) is 1.86. The zero-order valence-corrected chi connectivity index (χ0v) is 22.7. The predicted octanol–water partition coefficient (Wildman–Crippen LogP) is 7.41. The van der Waals surface area contributed by atoms with Crippen LogP contribution in [0.1, 0.15) is 71.2 Å². The molecule has 4 nitrogen and oxygen atoms in total. The largest absolute Gasteiger partial charge is 0.351 e. The molecule has 3 heterocycles. The Morgan fingerprint density at radius 3 is 2.17 bits per heavy atom. The Kier molecular flexibility index (Phi) is 6.44. The fourth-order valence-electron chi connectivity index (χ4n) is 5.53. The number of hydrogen-bond acceptors (Lipinski definition) is 2. The number of aromatic nitrogens is 2. The number of benzene rings is 2. The Morgan fingerprint density at radius 1 is 0.861 bits per heavy atom. The van der Waals surface area contributed by atoms with Gasteiger partial charge < -0.3 is 14.8 Å². The van der Waals surface area contributed by atoms with E-state index in [9.17, 15) is 0 Å². The molecule has 184 valence electrons. The van der Waals surface area contributed by atoms with Gasteiger partial charge in [0.15, 0.2) is 5.11 Å². The second kappa shape index (κ2) is 9.55. The molecule has 2 aromatic heterocycles. The van der Waals surface area contributed by atoms with Crippen LogP contribution in [-0.2, 0) is 0 Å². The normalized spacial score (nSPS) is 17.6. The average Bonchev–Trinajstić information content (AvgIpc) is 3.34. The molecule has 2 aromatic carbocycles. The van der Waals surface area contributed by atoms with Crippen LogP contribution in [0.25, 0.3) is 5.69 Å². The first-order valence-corrected chi connectivity index (χ1v) is 13.0. The van der Waals surface area contributed by atoms with E-state index < -0.39 is 0 Å². The van der Waals surface area contributed by atoms with Gasteiger partial charge in [-0.1, -0.05) is 38.1 Å². The molecule has 5 rings (SSSR count). The Labute approximate surface area is 220 Å². The summed E-state index contributed by atoms with van der Waals surface area (Å²) >= 11 is 5.95. The summed E-state index contributed by atoms with van der Waals surface area (Å²) in [5.41, 5.74) is 10.8. The van der Waals surface area contributed by atoms with Crippen LogP contribution in [0.2, 0.25) is 0 Å². The van der Waals surface area contributed by atoms with Crippen molar-refractivity contribution in [3.05, 3.63) is 112 Å². The summed E-state index contributed by atoms with van der Waals surface area (Å²) in [5.74, 6) is 0.483. The Hall–Kier alpha value is -3.44. The van der Waals surface area contributed by atoms with Crippen molar-refractivity contribution in [1.29, 1.82) is 0 Å². The van der Waals surface area contributed by atoms with Crippen molar-refractivity contribution in [1.82, 2.24) is 14.9 Å². The second-order valence-electron chi connectivity index (χ2n) is 10.3. The minimum Gasteiger partial charge on any atom is -0.351 e. The lowest BCUT2D eigenvalue weighted by atomic mass is 9.96. The minimum absolute atomic E-state index is 0.0249. The molecule has 2 atom stereocenters. The summed E-state index contributed by atoms with van der Waals surface area (Å²) in [7, 11) is 0. The van der Waals surface area contributed by atoms with E-state index in [1.54, 1.807) is 0 Å². The Bertz CT molecular complexity index is 1380. The quantitative estimate of drug-likeness (QED) is 0.293. The Balaban J connectivity index is 1.67. The van der Waals surface area contributed by atoms with Crippen molar-refractivity contribution >= 4 is 23.0 Å². The molecule has 1 aliphatic heterocycles. The molecule has 0 spiro atoms. The molecule has 4 aromatic rings. The van der Waals surface area contributed by atoms with Crippen molar-refractivity contribution in [3.8, 4) is 5.69 Å². The van der Waals surface area contributed by atoms with E-state index in [-0.39, 0.29) is 12.1 Å². The summed E-state index contributed by atoms with van der Waals surface area (Å²) < 4.78 is 2.37. The molecule has 0 unspecified atom stereocenters. The molecule has 0 radical (unpaired) electrons. The molecular formula is C31H34N4S.